The number of carbonyl (C=O) groups excluding carboxylic acids is 1. The monoisotopic (exact) mass is 310 g/mol. The molecule has 0 fully saturated rings. The molecule has 5 nitrogen and oxygen atoms in total. The van der Waals surface area contributed by atoms with Crippen LogP contribution in [0.25, 0.3) is 10.6 Å². The van der Waals surface area contributed by atoms with Gasteiger partial charge in [0.1, 0.15) is 15.9 Å². The summed E-state index contributed by atoms with van der Waals surface area (Å²) < 4.78 is 0. The third-order valence-electron chi connectivity index (χ3n) is 2.58. The number of rotatable bonds is 4. The lowest BCUT2D eigenvalue weighted by atomic mass is 10.2. The van der Waals surface area contributed by atoms with Crippen molar-refractivity contribution < 1.29 is 4.79 Å². The Balaban J connectivity index is 2.51. The summed E-state index contributed by atoms with van der Waals surface area (Å²) in [6, 6.07) is 1.99. The molecule has 0 radical (unpaired) electrons. The van der Waals surface area contributed by atoms with Crippen molar-refractivity contribution in [2.24, 2.45) is 5.73 Å². The van der Waals surface area contributed by atoms with Gasteiger partial charge in [-0.1, -0.05) is 11.6 Å². The largest absolute Gasteiger partial charge is 0.382 e. The van der Waals surface area contributed by atoms with Crippen LogP contribution in [0.2, 0.25) is 5.15 Å². The van der Waals surface area contributed by atoms with Gasteiger partial charge in [-0.2, -0.15) is 0 Å². The molecule has 0 aromatic carbocycles. The van der Waals surface area contributed by atoms with E-state index in [1.54, 1.807) is 12.3 Å². The van der Waals surface area contributed by atoms with Gasteiger partial charge in [0.05, 0.1) is 5.56 Å². The van der Waals surface area contributed by atoms with E-state index in [4.69, 9.17) is 17.3 Å². The van der Waals surface area contributed by atoms with Crippen LogP contribution in [0.3, 0.4) is 0 Å². The number of carbonyl (C=O) groups is 1. The molecule has 0 spiro atoms. The van der Waals surface area contributed by atoms with Crippen LogP contribution in [0, 0.1) is 6.92 Å². The highest BCUT2D eigenvalue weighted by Crippen LogP contribution is 2.33. The van der Waals surface area contributed by atoms with Crippen molar-refractivity contribution in [2.75, 3.05) is 5.32 Å². The second-order valence-electron chi connectivity index (χ2n) is 4.64. The molecule has 0 saturated heterocycles. The van der Waals surface area contributed by atoms with Crippen LogP contribution in [0.4, 0.5) is 5.69 Å². The summed E-state index contributed by atoms with van der Waals surface area (Å²) in [6.45, 7) is 5.88. The number of aromatic nitrogens is 2. The maximum absolute atomic E-state index is 11.3. The minimum Gasteiger partial charge on any atom is -0.382 e. The summed E-state index contributed by atoms with van der Waals surface area (Å²) >= 11 is 7.34. The number of nitrogens with two attached hydrogens (primary N) is 1. The molecule has 2 aromatic heterocycles. The molecule has 0 aliphatic rings. The Morgan fingerprint density at radius 1 is 1.50 bits per heavy atom. The van der Waals surface area contributed by atoms with Gasteiger partial charge in [-0.25, -0.2) is 9.97 Å². The van der Waals surface area contributed by atoms with Crippen molar-refractivity contribution in [2.45, 2.75) is 26.8 Å². The first-order valence-corrected chi connectivity index (χ1v) is 7.27. The summed E-state index contributed by atoms with van der Waals surface area (Å²) in [5.74, 6) is -0.523. The standard InChI is InChI=1S/C13H15ClN4OS/c1-6(2)17-9-4-10(14)16-5-8(9)13-18-11(12(15)19)7(3)20-13/h4-6H,1-3H3,(H2,15,19)(H,16,17). The van der Waals surface area contributed by atoms with E-state index in [-0.39, 0.29) is 6.04 Å². The number of thiazole rings is 1. The maximum Gasteiger partial charge on any atom is 0.268 e. The Kier molecular flexibility index (Phi) is 4.25. The number of nitrogens with one attached hydrogen (secondary N) is 1. The molecule has 7 heteroatoms. The summed E-state index contributed by atoms with van der Waals surface area (Å²) in [6.07, 6.45) is 1.65. The molecular formula is C13H15ClN4OS. The van der Waals surface area contributed by atoms with Crippen molar-refractivity contribution in [3.8, 4) is 10.6 Å². The Bertz CT molecular complexity index is 654. The zero-order valence-corrected chi connectivity index (χ0v) is 13.0. The molecule has 2 rings (SSSR count). The highest BCUT2D eigenvalue weighted by molar-refractivity contribution is 7.15. The Labute approximate surface area is 126 Å². The van der Waals surface area contributed by atoms with Gasteiger partial charge in [-0.3, -0.25) is 4.79 Å². The average molecular weight is 311 g/mol. The number of halogens is 1. The minimum atomic E-state index is -0.523. The molecule has 0 saturated carbocycles. The smallest absolute Gasteiger partial charge is 0.268 e. The third kappa shape index (κ3) is 3.08. The first-order valence-electron chi connectivity index (χ1n) is 6.08. The summed E-state index contributed by atoms with van der Waals surface area (Å²) in [4.78, 5) is 20.5. The van der Waals surface area contributed by atoms with E-state index in [9.17, 15) is 4.79 Å². The van der Waals surface area contributed by atoms with Gasteiger partial charge in [-0.15, -0.1) is 11.3 Å². The van der Waals surface area contributed by atoms with Crippen LogP contribution >= 0.6 is 22.9 Å². The van der Waals surface area contributed by atoms with Gasteiger partial charge in [-0.05, 0) is 26.8 Å². The van der Waals surface area contributed by atoms with E-state index < -0.39 is 5.91 Å². The SMILES string of the molecule is Cc1sc(-c2cnc(Cl)cc2NC(C)C)nc1C(N)=O. The fraction of sp³-hybridized carbons (Fsp3) is 0.308. The molecule has 0 aliphatic carbocycles. The number of anilines is 1. The fourth-order valence-corrected chi connectivity index (χ4v) is 2.87. The molecule has 0 aliphatic heterocycles. The third-order valence-corrected chi connectivity index (χ3v) is 3.79. The molecule has 3 N–H and O–H groups in total. The van der Waals surface area contributed by atoms with Gasteiger partial charge < -0.3 is 11.1 Å². The quantitative estimate of drug-likeness (QED) is 0.850. The van der Waals surface area contributed by atoms with Crippen molar-refractivity contribution in [1.82, 2.24) is 9.97 Å². The molecular weight excluding hydrogens is 296 g/mol. The zero-order valence-electron chi connectivity index (χ0n) is 11.4. The van der Waals surface area contributed by atoms with E-state index >= 15 is 0 Å². The number of pyridine rings is 1. The molecule has 1 amide bonds. The molecule has 106 valence electrons. The van der Waals surface area contributed by atoms with Crippen molar-refractivity contribution >= 4 is 34.5 Å². The molecule has 2 aromatic rings. The number of hydrogen-bond donors (Lipinski definition) is 2. The van der Waals surface area contributed by atoms with E-state index in [0.29, 0.717) is 15.9 Å². The van der Waals surface area contributed by atoms with Crippen molar-refractivity contribution in [3.05, 3.63) is 28.0 Å². The Hall–Kier alpha value is -1.66. The predicted molar refractivity (Wildman–Crippen MR) is 82.4 cm³/mol. The van der Waals surface area contributed by atoms with E-state index in [1.165, 1.54) is 11.3 Å². The lowest BCUT2D eigenvalue weighted by Gasteiger charge is -2.13. The van der Waals surface area contributed by atoms with E-state index in [1.807, 2.05) is 20.8 Å². The Morgan fingerprint density at radius 2 is 2.20 bits per heavy atom. The van der Waals surface area contributed by atoms with Gasteiger partial charge in [0, 0.05) is 22.8 Å². The van der Waals surface area contributed by atoms with Crippen LogP contribution < -0.4 is 11.1 Å². The topological polar surface area (TPSA) is 80.9 Å². The van der Waals surface area contributed by atoms with Crippen LogP contribution in [-0.4, -0.2) is 21.9 Å². The lowest BCUT2D eigenvalue weighted by molar-refractivity contribution is 0.0996. The summed E-state index contributed by atoms with van der Waals surface area (Å²) in [5, 5.41) is 4.40. The second-order valence-corrected chi connectivity index (χ2v) is 6.23. The average Bonchev–Trinajstić information content (AvgIpc) is 2.70. The van der Waals surface area contributed by atoms with Gasteiger partial charge in [0.2, 0.25) is 0 Å². The Morgan fingerprint density at radius 3 is 2.75 bits per heavy atom. The first kappa shape index (κ1) is 14.7. The van der Waals surface area contributed by atoms with Gasteiger partial charge in [0.25, 0.3) is 5.91 Å². The molecule has 2 heterocycles. The van der Waals surface area contributed by atoms with Crippen LogP contribution in [0.15, 0.2) is 12.3 Å². The number of nitrogens with zero attached hydrogens (tertiary/aromatic N) is 2. The summed E-state index contributed by atoms with van der Waals surface area (Å²) in [5.41, 5.74) is 7.25. The highest BCUT2D eigenvalue weighted by atomic mass is 35.5. The highest BCUT2D eigenvalue weighted by Gasteiger charge is 2.17. The molecule has 20 heavy (non-hydrogen) atoms. The van der Waals surface area contributed by atoms with Gasteiger partial charge >= 0.3 is 0 Å². The fourth-order valence-electron chi connectivity index (χ4n) is 1.77. The molecule has 0 atom stereocenters. The molecule has 0 unspecified atom stereocenters. The number of aryl methyl sites for hydroxylation is 1. The molecule has 0 bridgehead atoms. The van der Waals surface area contributed by atoms with Crippen LogP contribution in [0.5, 0.6) is 0 Å². The van der Waals surface area contributed by atoms with Gasteiger partial charge in [0.15, 0.2) is 0 Å². The lowest BCUT2D eigenvalue weighted by Crippen LogP contribution is -2.13. The number of amides is 1. The minimum absolute atomic E-state index is 0.240. The normalized spacial score (nSPS) is 10.8. The number of primary amides is 1. The second kappa shape index (κ2) is 5.76. The predicted octanol–water partition coefficient (Wildman–Crippen LogP) is 3.09. The maximum atomic E-state index is 11.3. The number of hydrogen-bond acceptors (Lipinski definition) is 5. The first-order chi connectivity index (χ1) is 9.38. The summed E-state index contributed by atoms with van der Waals surface area (Å²) in [7, 11) is 0. The van der Waals surface area contributed by atoms with Crippen molar-refractivity contribution in [3.63, 3.8) is 0 Å². The van der Waals surface area contributed by atoms with Crippen LogP contribution in [-0.2, 0) is 0 Å². The van der Waals surface area contributed by atoms with E-state index in [2.05, 4.69) is 15.3 Å². The van der Waals surface area contributed by atoms with Crippen molar-refractivity contribution in [1.29, 1.82) is 0 Å². The van der Waals surface area contributed by atoms with Crippen LogP contribution in [0.1, 0.15) is 29.2 Å². The zero-order chi connectivity index (χ0) is 14.9. The van der Waals surface area contributed by atoms with E-state index in [0.717, 1.165) is 16.1 Å².